The van der Waals surface area contributed by atoms with Crippen molar-refractivity contribution in [1.29, 1.82) is 0 Å². The van der Waals surface area contributed by atoms with Crippen molar-refractivity contribution in [3.8, 4) is 0 Å². The molecule has 0 spiro atoms. The Morgan fingerprint density at radius 2 is 1.46 bits per heavy atom. The quantitative estimate of drug-likeness (QED) is 0.162. The van der Waals surface area contributed by atoms with Crippen molar-refractivity contribution >= 4 is 66.7 Å². The summed E-state index contributed by atoms with van der Waals surface area (Å²) in [5.41, 5.74) is 1.60. The van der Waals surface area contributed by atoms with Crippen LogP contribution in [0.4, 0.5) is 5.69 Å². The van der Waals surface area contributed by atoms with Crippen LogP contribution in [0.5, 0.6) is 0 Å². The number of halogens is 3. The van der Waals surface area contributed by atoms with Crippen LogP contribution >= 0.6 is 39.1 Å². The average Bonchev–Trinajstić information content (AvgIpc) is 3.56. The van der Waals surface area contributed by atoms with Crippen LogP contribution in [-0.4, -0.2) is 43.8 Å². The summed E-state index contributed by atoms with van der Waals surface area (Å²) >= 11 is 16.6. The van der Waals surface area contributed by atoms with E-state index < -0.39 is 28.5 Å². The van der Waals surface area contributed by atoms with Crippen LogP contribution in [0.15, 0.2) is 112 Å². The zero-order chi connectivity index (χ0) is 32.7. The number of amides is 2. The van der Waals surface area contributed by atoms with Gasteiger partial charge in [0, 0.05) is 39.1 Å². The van der Waals surface area contributed by atoms with E-state index in [4.69, 9.17) is 23.2 Å². The second-order valence-electron chi connectivity index (χ2n) is 11.2. The minimum atomic E-state index is -4.20. The van der Waals surface area contributed by atoms with Gasteiger partial charge in [-0.3, -0.25) is 13.9 Å². The highest BCUT2D eigenvalue weighted by atomic mass is 79.9. The number of anilines is 1. The molecular weight excluding hydrogens is 709 g/mol. The van der Waals surface area contributed by atoms with E-state index in [2.05, 4.69) is 21.2 Å². The van der Waals surface area contributed by atoms with Crippen molar-refractivity contribution < 1.29 is 18.0 Å². The molecule has 1 atom stereocenters. The van der Waals surface area contributed by atoms with E-state index >= 15 is 0 Å². The fourth-order valence-corrected chi connectivity index (χ4v) is 7.99. The number of benzene rings is 4. The molecule has 4 aromatic rings. The number of carbonyl (C=O) groups is 2. The van der Waals surface area contributed by atoms with E-state index in [0.29, 0.717) is 20.1 Å². The van der Waals surface area contributed by atoms with Crippen LogP contribution in [0.25, 0.3) is 0 Å². The Labute approximate surface area is 288 Å². The van der Waals surface area contributed by atoms with Crippen LogP contribution < -0.4 is 9.62 Å². The summed E-state index contributed by atoms with van der Waals surface area (Å²) < 4.78 is 29.9. The molecule has 1 fully saturated rings. The number of nitrogens with zero attached hydrogens (tertiary/aromatic N) is 2. The Kier molecular flexibility index (Phi) is 11.4. The SMILES string of the molecule is O=C(NC1CCCC1)[C@H](Cc1ccccc1)N(Cc1c(Cl)cccc1Cl)C(=O)CN(c1cccc(Br)c1)S(=O)(=O)c1ccccc1. The summed E-state index contributed by atoms with van der Waals surface area (Å²) in [6.45, 7) is -0.678. The fourth-order valence-electron chi connectivity index (χ4n) is 5.65. The topological polar surface area (TPSA) is 86.8 Å². The van der Waals surface area contributed by atoms with Gasteiger partial charge in [0.25, 0.3) is 10.0 Å². The smallest absolute Gasteiger partial charge is 0.264 e. The highest BCUT2D eigenvalue weighted by Crippen LogP contribution is 2.30. The van der Waals surface area contributed by atoms with E-state index in [1.54, 1.807) is 60.7 Å². The van der Waals surface area contributed by atoms with Gasteiger partial charge in [-0.05, 0) is 60.9 Å². The normalized spacial score (nSPS) is 14.1. The fraction of sp³-hybridized carbons (Fsp3) is 0.257. The molecule has 2 amide bonds. The van der Waals surface area contributed by atoms with Crippen LogP contribution in [0.2, 0.25) is 10.0 Å². The highest BCUT2D eigenvalue weighted by molar-refractivity contribution is 9.10. The van der Waals surface area contributed by atoms with Crippen molar-refractivity contribution in [1.82, 2.24) is 10.2 Å². The molecule has 7 nitrogen and oxygen atoms in total. The average molecular weight is 744 g/mol. The zero-order valence-electron chi connectivity index (χ0n) is 25.0. The molecule has 0 heterocycles. The minimum Gasteiger partial charge on any atom is -0.352 e. The summed E-state index contributed by atoms with van der Waals surface area (Å²) in [5, 5.41) is 3.83. The van der Waals surface area contributed by atoms with Gasteiger partial charge in [-0.25, -0.2) is 8.42 Å². The monoisotopic (exact) mass is 741 g/mol. The molecule has 1 N–H and O–H groups in total. The second-order valence-corrected chi connectivity index (χ2v) is 14.8. The summed E-state index contributed by atoms with van der Waals surface area (Å²) in [4.78, 5) is 30.2. The van der Waals surface area contributed by atoms with Crippen LogP contribution in [0.3, 0.4) is 0 Å². The number of hydrogen-bond donors (Lipinski definition) is 1. The van der Waals surface area contributed by atoms with Crippen LogP contribution in [0, 0.1) is 0 Å². The van der Waals surface area contributed by atoms with Gasteiger partial charge in [-0.15, -0.1) is 0 Å². The summed E-state index contributed by atoms with van der Waals surface area (Å²) in [7, 11) is -4.20. The maximum atomic E-state index is 14.6. The van der Waals surface area contributed by atoms with E-state index in [-0.39, 0.29) is 35.5 Å². The highest BCUT2D eigenvalue weighted by Gasteiger charge is 2.36. The van der Waals surface area contributed by atoms with E-state index in [1.807, 2.05) is 30.3 Å². The minimum absolute atomic E-state index is 0.00301. The molecule has 11 heteroatoms. The maximum absolute atomic E-state index is 14.6. The maximum Gasteiger partial charge on any atom is 0.264 e. The third kappa shape index (κ3) is 8.31. The van der Waals surface area contributed by atoms with E-state index in [9.17, 15) is 18.0 Å². The first-order valence-corrected chi connectivity index (χ1v) is 18.0. The lowest BCUT2D eigenvalue weighted by Crippen LogP contribution is -2.54. The van der Waals surface area contributed by atoms with E-state index in [1.165, 1.54) is 17.0 Å². The molecule has 46 heavy (non-hydrogen) atoms. The van der Waals surface area contributed by atoms with Gasteiger partial charge < -0.3 is 10.2 Å². The molecule has 0 aromatic heterocycles. The van der Waals surface area contributed by atoms with Gasteiger partial charge in [-0.1, -0.05) is 113 Å². The Balaban J connectivity index is 1.59. The van der Waals surface area contributed by atoms with Crippen molar-refractivity contribution in [2.45, 2.75) is 55.6 Å². The molecule has 0 saturated heterocycles. The molecule has 0 bridgehead atoms. The standard InChI is InChI=1S/C35H34BrCl2N3O4S/c36-26-13-9-16-28(22-26)41(46(44,45)29-17-5-2-6-18-29)24-34(42)40(23-30-31(37)19-10-20-32(30)38)33(21-25-11-3-1-4-12-25)35(43)39-27-14-7-8-15-27/h1-6,9-13,16-20,22,27,33H,7-8,14-15,21,23-24H2,(H,39,43)/t33-/m0/s1. The zero-order valence-corrected chi connectivity index (χ0v) is 28.9. The molecule has 5 rings (SSSR count). The first kappa shape index (κ1) is 34.0. The Hall–Kier alpha value is -3.37. The van der Waals surface area contributed by atoms with Crippen LogP contribution in [-0.2, 0) is 32.6 Å². The number of sulfonamides is 1. The van der Waals surface area contributed by atoms with Gasteiger partial charge in [0.2, 0.25) is 11.8 Å². The van der Waals surface area contributed by atoms with Crippen molar-refractivity contribution in [3.05, 3.63) is 129 Å². The number of nitrogens with one attached hydrogen (secondary N) is 1. The van der Waals surface area contributed by atoms with Gasteiger partial charge >= 0.3 is 0 Å². The van der Waals surface area contributed by atoms with E-state index in [0.717, 1.165) is 35.6 Å². The number of rotatable bonds is 12. The Morgan fingerprint density at radius 1 is 0.848 bits per heavy atom. The van der Waals surface area contributed by atoms with Crippen molar-refractivity contribution in [2.75, 3.05) is 10.8 Å². The first-order valence-electron chi connectivity index (χ1n) is 15.0. The second kappa shape index (κ2) is 15.5. The number of carbonyl (C=O) groups excluding carboxylic acids is 2. The summed E-state index contributed by atoms with van der Waals surface area (Å²) in [6.07, 6.45) is 3.96. The molecule has 0 aliphatic heterocycles. The lowest BCUT2D eigenvalue weighted by atomic mass is 10.0. The van der Waals surface area contributed by atoms with Gasteiger partial charge in [0.15, 0.2) is 0 Å². The molecular formula is C35H34BrCl2N3O4S. The third-order valence-electron chi connectivity index (χ3n) is 8.07. The summed E-state index contributed by atoms with van der Waals surface area (Å²) in [6, 6.07) is 28.2. The predicted molar refractivity (Wildman–Crippen MR) is 186 cm³/mol. The van der Waals surface area contributed by atoms with Crippen molar-refractivity contribution in [3.63, 3.8) is 0 Å². The largest absolute Gasteiger partial charge is 0.352 e. The van der Waals surface area contributed by atoms with Gasteiger partial charge in [-0.2, -0.15) is 0 Å². The number of hydrogen-bond acceptors (Lipinski definition) is 4. The molecule has 240 valence electrons. The Bertz CT molecular complexity index is 1750. The molecule has 1 aliphatic rings. The third-order valence-corrected chi connectivity index (χ3v) is 11.1. The first-order chi connectivity index (χ1) is 22.1. The van der Waals surface area contributed by atoms with Crippen molar-refractivity contribution in [2.24, 2.45) is 0 Å². The lowest BCUT2D eigenvalue weighted by Gasteiger charge is -2.34. The van der Waals surface area contributed by atoms with Crippen LogP contribution in [0.1, 0.15) is 36.8 Å². The summed E-state index contributed by atoms with van der Waals surface area (Å²) in [5.74, 6) is -0.898. The van der Waals surface area contributed by atoms with Gasteiger partial charge in [0.05, 0.1) is 10.6 Å². The molecule has 1 aliphatic carbocycles. The molecule has 0 radical (unpaired) electrons. The Morgan fingerprint density at radius 3 is 2.09 bits per heavy atom. The molecule has 4 aromatic carbocycles. The molecule has 1 saturated carbocycles. The predicted octanol–water partition coefficient (Wildman–Crippen LogP) is 7.65. The molecule has 0 unspecified atom stereocenters. The van der Waals surface area contributed by atoms with Gasteiger partial charge in [0.1, 0.15) is 12.6 Å². The lowest BCUT2D eigenvalue weighted by molar-refractivity contribution is -0.140.